The fourth-order valence-electron chi connectivity index (χ4n) is 2.55. The number of carboxylic acids is 1. The van der Waals surface area contributed by atoms with E-state index in [9.17, 15) is 4.79 Å². The van der Waals surface area contributed by atoms with Crippen LogP contribution in [-0.2, 0) is 11.3 Å². The number of hydrogen-bond donors (Lipinski definition) is 1. The fourth-order valence-corrected chi connectivity index (χ4v) is 3.00. The fraction of sp³-hybridized carbons (Fsp3) is 0.500. The molecule has 19 heavy (non-hydrogen) atoms. The largest absolute Gasteiger partial charge is 0.480 e. The third kappa shape index (κ3) is 4.30. The number of rotatable bonds is 5. The normalized spacial score (nSPS) is 20.1. The van der Waals surface area contributed by atoms with Gasteiger partial charge in [-0.2, -0.15) is 0 Å². The van der Waals surface area contributed by atoms with Gasteiger partial charge >= 0.3 is 5.97 Å². The molecule has 5 heteroatoms. The number of aliphatic carboxylic acids is 1. The average molecular weight is 327 g/mol. The first-order valence-electron chi connectivity index (χ1n) is 6.43. The molecule has 104 valence electrons. The van der Waals surface area contributed by atoms with Crippen molar-refractivity contribution in [2.24, 2.45) is 0 Å². The number of likely N-dealkylation sites (N-methyl/N-ethyl adjacent to an activating group) is 1. The zero-order valence-corrected chi connectivity index (χ0v) is 12.6. The number of nitrogens with zero attached hydrogens (tertiary/aromatic N) is 2. The lowest BCUT2D eigenvalue weighted by Crippen LogP contribution is -2.37. The highest BCUT2D eigenvalue weighted by Crippen LogP contribution is 2.19. The molecule has 0 aromatic heterocycles. The highest BCUT2D eigenvalue weighted by molar-refractivity contribution is 9.10. The van der Waals surface area contributed by atoms with E-state index in [2.05, 4.69) is 33.0 Å². The predicted octanol–water partition coefficient (Wildman–Crippen LogP) is 2.04. The Hall–Kier alpha value is -0.910. The molecule has 1 saturated heterocycles. The van der Waals surface area contributed by atoms with E-state index < -0.39 is 5.97 Å². The summed E-state index contributed by atoms with van der Waals surface area (Å²) in [6.45, 7) is 3.02. The summed E-state index contributed by atoms with van der Waals surface area (Å²) >= 11 is 3.48. The van der Waals surface area contributed by atoms with Crippen LogP contribution in [0.25, 0.3) is 0 Å². The second-order valence-electron chi connectivity index (χ2n) is 5.12. The van der Waals surface area contributed by atoms with E-state index in [1.807, 2.05) is 24.1 Å². The van der Waals surface area contributed by atoms with Gasteiger partial charge in [0.05, 0.1) is 6.54 Å². The number of benzene rings is 1. The summed E-state index contributed by atoms with van der Waals surface area (Å²) in [5.74, 6) is -0.757. The van der Waals surface area contributed by atoms with Crippen molar-refractivity contribution >= 4 is 21.9 Å². The molecular formula is C14H19BrN2O2. The Kier molecular flexibility index (Phi) is 4.96. The standard InChI is InChI=1S/C14H19BrN2O2/c1-16(10-14(18)19)13-5-6-17(9-13)8-11-3-2-4-12(15)7-11/h2-4,7,13H,5-6,8-10H2,1H3,(H,18,19). The van der Waals surface area contributed by atoms with Gasteiger partial charge < -0.3 is 5.11 Å². The Morgan fingerprint density at radius 2 is 2.37 bits per heavy atom. The Morgan fingerprint density at radius 3 is 3.05 bits per heavy atom. The number of halogens is 1. The first kappa shape index (κ1) is 14.5. The third-order valence-corrected chi connectivity index (χ3v) is 4.04. The lowest BCUT2D eigenvalue weighted by atomic mass is 10.2. The molecule has 1 aromatic carbocycles. The van der Waals surface area contributed by atoms with Gasteiger partial charge in [0.15, 0.2) is 0 Å². The van der Waals surface area contributed by atoms with Gasteiger partial charge in [0, 0.05) is 30.1 Å². The van der Waals surface area contributed by atoms with Crippen molar-refractivity contribution in [2.45, 2.75) is 19.0 Å². The molecule has 1 atom stereocenters. The van der Waals surface area contributed by atoms with Crippen LogP contribution in [0, 0.1) is 0 Å². The molecule has 1 aromatic rings. The van der Waals surface area contributed by atoms with E-state index in [1.54, 1.807) is 0 Å². The maximum absolute atomic E-state index is 10.7. The van der Waals surface area contributed by atoms with Gasteiger partial charge in [0.2, 0.25) is 0 Å². The van der Waals surface area contributed by atoms with Crippen molar-refractivity contribution in [2.75, 3.05) is 26.7 Å². The predicted molar refractivity (Wildman–Crippen MR) is 78.1 cm³/mol. The van der Waals surface area contributed by atoms with E-state index in [0.29, 0.717) is 6.04 Å². The molecule has 0 bridgehead atoms. The molecule has 0 saturated carbocycles. The second-order valence-corrected chi connectivity index (χ2v) is 6.03. The highest BCUT2D eigenvalue weighted by atomic mass is 79.9. The van der Waals surface area contributed by atoms with Crippen LogP contribution in [0.15, 0.2) is 28.7 Å². The van der Waals surface area contributed by atoms with E-state index >= 15 is 0 Å². The van der Waals surface area contributed by atoms with E-state index in [4.69, 9.17) is 5.11 Å². The van der Waals surface area contributed by atoms with Crippen molar-refractivity contribution < 1.29 is 9.90 Å². The summed E-state index contributed by atoms with van der Waals surface area (Å²) in [5.41, 5.74) is 1.29. The Balaban J connectivity index is 1.86. The maximum atomic E-state index is 10.7. The SMILES string of the molecule is CN(CC(=O)O)C1CCN(Cc2cccc(Br)c2)C1. The molecule has 2 rings (SSSR count). The van der Waals surface area contributed by atoms with Gasteiger partial charge in [-0.3, -0.25) is 14.6 Å². The minimum absolute atomic E-state index is 0.120. The molecule has 1 aliphatic heterocycles. The molecule has 1 aliphatic rings. The Labute approximate surface area is 122 Å². The summed E-state index contributed by atoms with van der Waals surface area (Å²) in [5, 5.41) is 8.82. The van der Waals surface area contributed by atoms with Gasteiger partial charge in [0.1, 0.15) is 0 Å². The van der Waals surface area contributed by atoms with Crippen LogP contribution in [0.1, 0.15) is 12.0 Å². The summed E-state index contributed by atoms with van der Waals surface area (Å²) in [7, 11) is 1.89. The molecule has 0 spiro atoms. The van der Waals surface area contributed by atoms with Crippen LogP contribution < -0.4 is 0 Å². The van der Waals surface area contributed by atoms with Crippen molar-refractivity contribution in [3.05, 3.63) is 34.3 Å². The van der Waals surface area contributed by atoms with Gasteiger partial charge in [-0.15, -0.1) is 0 Å². The van der Waals surface area contributed by atoms with E-state index in [0.717, 1.165) is 30.5 Å². The minimum Gasteiger partial charge on any atom is -0.480 e. The van der Waals surface area contributed by atoms with Gasteiger partial charge in [-0.1, -0.05) is 28.1 Å². The van der Waals surface area contributed by atoms with Crippen LogP contribution >= 0.6 is 15.9 Å². The summed E-state index contributed by atoms with van der Waals surface area (Å²) in [6.07, 6.45) is 1.04. The topological polar surface area (TPSA) is 43.8 Å². The minimum atomic E-state index is -0.757. The number of carboxylic acid groups (broad SMARTS) is 1. The quantitative estimate of drug-likeness (QED) is 0.899. The van der Waals surface area contributed by atoms with Crippen molar-refractivity contribution in [1.29, 1.82) is 0 Å². The van der Waals surface area contributed by atoms with E-state index in [1.165, 1.54) is 5.56 Å². The molecular weight excluding hydrogens is 308 g/mol. The molecule has 4 nitrogen and oxygen atoms in total. The van der Waals surface area contributed by atoms with Gasteiger partial charge in [-0.25, -0.2) is 0 Å². The Morgan fingerprint density at radius 1 is 1.58 bits per heavy atom. The van der Waals surface area contributed by atoms with Crippen LogP contribution in [0.3, 0.4) is 0 Å². The highest BCUT2D eigenvalue weighted by Gasteiger charge is 2.26. The molecule has 0 aliphatic carbocycles. The van der Waals surface area contributed by atoms with Crippen LogP contribution in [0.2, 0.25) is 0 Å². The average Bonchev–Trinajstić information content (AvgIpc) is 2.76. The smallest absolute Gasteiger partial charge is 0.317 e. The van der Waals surface area contributed by atoms with Gasteiger partial charge in [-0.05, 0) is 31.2 Å². The summed E-state index contributed by atoms with van der Waals surface area (Å²) < 4.78 is 1.10. The summed E-state index contributed by atoms with van der Waals surface area (Å²) in [4.78, 5) is 15.0. The molecule has 0 radical (unpaired) electrons. The van der Waals surface area contributed by atoms with Crippen LogP contribution in [0.5, 0.6) is 0 Å². The zero-order chi connectivity index (χ0) is 13.8. The van der Waals surface area contributed by atoms with E-state index in [-0.39, 0.29) is 6.54 Å². The first-order chi connectivity index (χ1) is 9.04. The van der Waals surface area contributed by atoms with Crippen LogP contribution in [0.4, 0.5) is 0 Å². The molecule has 0 amide bonds. The number of likely N-dealkylation sites (tertiary alicyclic amines) is 1. The Bertz CT molecular complexity index is 453. The van der Waals surface area contributed by atoms with Gasteiger partial charge in [0.25, 0.3) is 0 Å². The number of carbonyl (C=O) groups is 1. The lowest BCUT2D eigenvalue weighted by Gasteiger charge is -2.23. The van der Waals surface area contributed by atoms with Crippen molar-refractivity contribution in [3.8, 4) is 0 Å². The molecule has 1 unspecified atom stereocenters. The molecule has 1 heterocycles. The second kappa shape index (κ2) is 6.50. The van der Waals surface area contributed by atoms with Crippen LogP contribution in [-0.4, -0.2) is 53.6 Å². The summed E-state index contributed by atoms with van der Waals surface area (Å²) in [6, 6.07) is 8.68. The zero-order valence-electron chi connectivity index (χ0n) is 11.1. The number of hydrogen-bond acceptors (Lipinski definition) is 3. The maximum Gasteiger partial charge on any atom is 0.317 e. The molecule has 1 N–H and O–H groups in total. The monoisotopic (exact) mass is 326 g/mol. The first-order valence-corrected chi connectivity index (χ1v) is 7.23. The third-order valence-electron chi connectivity index (χ3n) is 3.55. The van der Waals surface area contributed by atoms with Crippen molar-refractivity contribution in [1.82, 2.24) is 9.80 Å². The molecule has 1 fully saturated rings. The van der Waals surface area contributed by atoms with Crippen molar-refractivity contribution in [3.63, 3.8) is 0 Å². The lowest BCUT2D eigenvalue weighted by molar-refractivity contribution is -0.138.